The number of rotatable bonds is 11. The number of hydrogen-bond acceptors (Lipinski definition) is 6. The first-order chi connectivity index (χ1) is 18.3. The summed E-state index contributed by atoms with van der Waals surface area (Å²) in [6.07, 6.45) is 0.760. The predicted molar refractivity (Wildman–Crippen MR) is 141 cm³/mol. The molecule has 0 aliphatic carbocycles. The summed E-state index contributed by atoms with van der Waals surface area (Å²) >= 11 is 0. The summed E-state index contributed by atoms with van der Waals surface area (Å²) in [5.41, 5.74) is 5.36. The van der Waals surface area contributed by atoms with Gasteiger partial charge in [-0.15, -0.1) is 0 Å². The Morgan fingerprint density at radius 1 is 0.816 bits per heavy atom. The van der Waals surface area contributed by atoms with Gasteiger partial charge in [-0.25, -0.2) is 9.59 Å². The molecule has 8 nitrogen and oxygen atoms in total. The van der Waals surface area contributed by atoms with Crippen molar-refractivity contribution >= 4 is 11.9 Å². The third-order valence-electron chi connectivity index (χ3n) is 6.99. The standard InChI is InChI=1S/C30H30O8/c1-4-18-11-19(27-16(2)25(37-14-20-12-35-20)9-7-23(27)29(31)32)5-6-22(18)28-17(3)26(38-15-21-13-36-21)10-8-24(28)30(33)34/h5-11,20-21H,4,12-15H2,1-3H3,(H,31,32)(H,33,34). The minimum absolute atomic E-state index is 0.0747. The summed E-state index contributed by atoms with van der Waals surface area (Å²) < 4.78 is 22.3. The first kappa shape index (κ1) is 25.8. The van der Waals surface area contributed by atoms with E-state index in [0.29, 0.717) is 55.5 Å². The summed E-state index contributed by atoms with van der Waals surface area (Å²) in [4.78, 5) is 24.3. The van der Waals surface area contributed by atoms with Gasteiger partial charge < -0.3 is 29.2 Å². The zero-order chi connectivity index (χ0) is 27.0. The molecular weight excluding hydrogens is 488 g/mol. The van der Waals surface area contributed by atoms with Gasteiger partial charge in [0.15, 0.2) is 0 Å². The number of epoxide rings is 2. The molecule has 2 unspecified atom stereocenters. The fourth-order valence-corrected chi connectivity index (χ4v) is 4.75. The number of carbonyl (C=O) groups is 2. The Hall–Kier alpha value is -3.88. The molecule has 2 aliphatic rings. The highest BCUT2D eigenvalue weighted by atomic mass is 16.6. The minimum atomic E-state index is -1.03. The number of aromatic carboxylic acids is 2. The first-order valence-corrected chi connectivity index (χ1v) is 12.6. The molecule has 2 atom stereocenters. The van der Waals surface area contributed by atoms with E-state index in [1.807, 2.05) is 39.0 Å². The van der Waals surface area contributed by atoms with Gasteiger partial charge in [-0.1, -0.05) is 25.1 Å². The van der Waals surface area contributed by atoms with E-state index in [2.05, 4.69) is 0 Å². The van der Waals surface area contributed by atoms with Gasteiger partial charge >= 0.3 is 11.9 Å². The maximum atomic E-state index is 12.2. The fourth-order valence-electron chi connectivity index (χ4n) is 4.75. The van der Waals surface area contributed by atoms with Gasteiger partial charge in [0.25, 0.3) is 0 Å². The summed E-state index contributed by atoms with van der Waals surface area (Å²) in [5, 5.41) is 19.9. The maximum absolute atomic E-state index is 12.2. The molecule has 5 rings (SSSR count). The zero-order valence-corrected chi connectivity index (χ0v) is 21.6. The molecule has 8 heteroatoms. The number of hydrogen-bond donors (Lipinski definition) is 2. The number of aryl methyl sites for hydroxylation is 1. The fraction of sp³-hybridized carbons (Fsp3) is 0.333. The van der Waals surface area contributed by atoms with E-state index >= 15 is 0 Å². The molecular formula is C30H30O8. The second kappa shape index (κ2) is 10.5. The third kappa shape index (κ3) is 5.23. The number of ether oxygens (including phenoxy) is 4. The van der Waals surface area contributed by atoms with Crippen molar-refractivity contribution in [2.45, 2.75) is 39.4 Å². The summed E-state index contributed by atoms with van der Waals surface area (Å²) in [5.74, 6) is -0.841. The average Bonchev–Trinajstić information content (AvgIpc) is 3.82. The molecule has 0 spiro atoms. The zero-order valence-electron chi connectivity index (χ0n) is 21.6. The highest BCUT2D eigenvalue weighted by molar-refractivity contribution is 6.00. The van der Waals surface area contributed by atoms with Gasteiger partial charge in [0, 0.05) is 11.1 Å². The topological polar surface area (TPSA) is 118 Å². The lowest BCUT2D eigenvalue weighted by molar-refractivity contribution is 0.0686. The normalized spacial score (nSPS) is 17.7. The van der Waals surface area contributed by atoms with Gasteiger partial charge in [0.2, 0.25) is 0 Å². The van der Waals surface area contributed by atoms with E-state index < -0.39 is 11.9 Å². The van der Waals surface area contributed by atoms with Gasteiger partial charge in [0.1, 0.15) is 36.9 Å². The molecule has 198 valence electrons. The Morgan fingerprint density at radius 2 is 1.32 bits per heavy atom. The van der Waals surface area contributed by atoms with Crippen LogP contribution in [-0.4, -0.2) is 60.8 Å². The van der Waals surface area contributed by atoms with E-state index in [-0.39, 0.29) is 23.3 Å². The van der Waals surface area contributed by atoms with Crippen LogP contribution in [0.4, 0.5) is 0 Å². The molecule has 2 fully saturated rings. The van der Waals surface area contributed by atoms with Crippen LogP contribution in [0.2, 0.25) is 0 Å². The quantitative estimate of drug-likeness (QED) is 0.335. The van der Waals surface area contributed by atoms with Crippen molar-refractivity contribution in [1.29, 1.82) is 0 Å². The summed E-state index contributed by atoms with van der Waals surface area (Å²) in [6.45, 7) is 7.85. The predicted octanol–water partition coefficient (Wildman–Crippen LogP) is 5.15. The largest absolute Gasteiger partial charge is 0.490 e. The van der Waals surface area contributed by atoms with E-state index in [9.17, 15) is 19.8 Å². The van der Waals surface area contributed by atoms with Crippen LogP contribution in [0.5, 0.6) is 11.5 Å². The Morgan fingerprint density at radius 3 is 1.79 bits per heavy atom. The summed E-state index contributed by atoms with van der Waals surface area (Å²) in [7, 11) is 0. The lowest BCUT2D eigenvalue weighted by atomic mass is 9.86. The van der Waals surface area contributed by atoms with Crippen LogP contribution in [-0.2, 0) is 15.9 Å². The Labute approximate surface area is 220 Å². The molecule has 3 aromatic rings. The van der Waals surface area contributed by atoms with Crippen molar-refractivity contribution in [1.82, 2.24) is 0 Å². The lowest BCUT2D eigenvalue weighted by Gasteiger charge is -2.20. The molecule has 2 N–H and O–H groups in total. The number of carboxylic acid groups (broad SMARTS) is 2. The van der Waals surface area contributed by atoms with Crippen LogP contribution >= 0.6 is 0 Å². The molecule has 0 saturated carbocycles. The van der Waals surface area contributed by atoms with Crippen LogP contribution in [0.25, 0.3) is 22.3 Å². The third-order valence-corrected chi connectivity index (χ3v) is 6.99. The van der Waals surface area contributed by atoms with E-state index in [1.165, 1.54) is 0 Å². The molecule has 38 heavy (non-hydrogen) atoms. The van der Waals surface area contributed by atoms with Gasteiger partial charge in [-0.3, -0.25) is 0 Å². The second-order valence-corrected chi connectivity index (χ2v) is 9.59. The molecule has 2 aliphatic heterocycles. The Kier molecular flexibility index (Phi) is 7.10. The van der Waals surface area contributed by atoms with E-state index in [1.54, 1.807) is 24.3 Å². The molecule has 3 aromatic carbocycles. The first-order valence-electron chi connectivity index (χ1n) is 12.6. The lowest BCUT2D eigenvalue weighted by Crippen LogP contribution is -2.09. The maximum Gasteiger partial charge on any atom is 0.336 e. The second-order valence-electron chi connectivity index (χ2n) is 9.59. The molecule has 2 saturated heterocycles. The van der Waals surface area contributed by atoms with Gasteiger partial charge in [-0.05, 0) is 72.4 Å². The molecule has 0 aromatic heterocycles. The van der Waals surface area contributed by atoms with Gasteiger partial charge in [0.05, 0.1) is 24.3 Å². The van der Waals surface area contributed by atoms with Crippen LogP contribution in [0.3, 0.4) is 0 Å². The van der Waals surface area contributed by atoms with Crippen molar-refractivity contribution in [3.8, 4) is 33.8 Å². The van der Waals surface area contributed by atoms with Crippen LogP contribution in [0.1, 0.15) is 44.3 Å². The highest BCUT2D eigenvalue weighted by Crippen LogP contribution is 2.40. The number of carboxylic acids is 2. The Bertz CT molecular complexity index is 1400. The Balaban J connectivity index is 1.60. The molecule has 2 heterocycles. The molecule has 0 radical (unpaired) electrons. The smallest absolute Gasteiger partial charge is 0.336 e. The highest BCUT2D eigenvalue weighted by Gasteiger charge is 2.26. The molecule has 0 amide bonds. The van der Waals surface area contributed by atoms with Crippen molar-refractivity contribution < 1.29 is 38.7 Å². The van der Waals surface area contributed by atoms with Crippen molar-refractivity contribution in [3.63, 3.8) is 0 Å². The summed E-state index contributed by atoms with van der Waals surface area (Å²) in [6, 6.07) is 12.1. The van der Waals surface area contributed by atoms with Gasteiger partial charge in [-0.2, -0.15) is 0 Å². The van der Waals surface area contributed by atoms with Crippen LogP contribution in [0.15, 0.2) is 42.5 Å². The SMILES string of the molecule is CCc1cc(-c2c(C(=O)O)ccc(OCC3CO3)c2C)ccc1-c1c(C(=O)O)ccc(OCC2CO2)c1C. The van der Waals surface area contributed by atoms with Crippen LogP contribution in [0, 0.1) is 13.8 Å². The van der Waals surface area contributed by atoms with E-state index in [4.69, 9.17) is 18.9 Å². The van der Waals surface area contributed by atoms with E-state index in [0.717, 1.165) is 27.8 Å². The number of benzene rings is 3. The minimum Gasteiger partial charge on any atom is -0.490 e. The monoisotopic (exact) mass is 518 g/mol. The average molecular weight is 519 g/mol. The van der Waals surface area contributed by atoms with Crippen LogP contribution < -0.4 is 9.47 Å². The van der Waals surface area contributed by atoms with Crippen molar-refractivity contribution in [2.24, 2.45) is 0 Å². The van der Waals surface area contributed by atoms with Crippen molar-refractivity contribution in [3.05, 3.63) is 70.3 Å². The molecule has 0 bridgehead atoms. The van der Waals surface area contributed by atoms with Crippen molar-refractivity contribution in [2.75, 3.05) is 26.4 Å².